The van der Waals surface area contributed by atoms with Crippen LogP contribution in [0, 0.1) is 0 Å². The number of amides is 1. The van der Waals surface area contributed by atoms with Crippen LogP contribution in [-0.2, 0) is 17.9 Å². The van der Waals surface area contributed by atoms with Crippen molar-refractivity contribution in [1.82, 2.24) is 25.1 Å². The molecular formula is C17H15Cl2N5O. The molecule has 0 N–H and O–H groups in total. The Morgan fingerprint density at radius 3 is 2.28 bits per heavy atom. The Bertz CT molecular complexity index is 862. The van der Waals surface area contributed by atoms with E-state index in [9.17, 15) is 4.79 Å². The fourth-order valence-electron chi connectivity index (χ4n) is 2.22. The second kappa shape index (κ2) is 7.63. The van der Waals surface area contributed by atoms with Crippen molar-refractivity contribution in [2.75, 3.05) is 7.05 Å². The van der Waals surface area contributed by atoms with Gasteiger partial charge in [0.15, 0.2) is 0 Å². The highest BCUT2D eigenvalue weighted by Crippen LogP contribution is 2.17. The van der Waals surface area contributed by atoms with Crippen molar-refractivity contribution in [1.29, 1.82) is 0 Å². The zero-order chi connectivity index (χ0) is 17.8. The van der Waals surface area contributed by atoms with Crippen LogP contribution in [0.15, 0.2) is 48.5 Å². The van der Waals surface area contributed by atoms with E-state index < -0.39 is 0 Å². The van der Waals surface area contributed by atoms with Gasteiger partial charge in [-0.15, -0.1) is 10.2 Å². The Morgan fingerprint density at radius 1 is 1.04 bits per heavy atom. The topological polar surface area (TPSA) is 63.9 Å². The average Bonchev–Trinajstić information content (AvgIpc) is 3.06. The van der Waals surface area contributed by atoms with E-state index in [2.05, 4.69) is 15.4 Å². The largest absolute Gasteiger partial charge is 0.340 e. The van der Waals surface area contributed by atoms with Crippen LogP contribution in [0.2, 0.25) is 10.0 Å². The summed E-state index contributed by atoms with van der Waals surface area (Å²) in [6, 6.07) is 14.5. The first-order valence-electron chi connectivity index (χ1n) is 7.53. The number of rotatable bonds is 5. The van der Waals surface area contributed by atoms with E-state index in [1.807, 2.05) is 12.1 Å². The van der Waals surface area contributed by atoms with Crippen LogP contribution in [0.4, 0.5) is 0 Å². The molecule has 3 aromatic rings. The van der Waals surface area contributed by atoms with Crippen molar-refractivity contribution in [3.63, 3.8) is 0 Å². The van der Waals surface area contributed by atoms with E-state index in [-0.39, 0.29) is 12.5 Å². The summed E-state index contributed by atoms with van der Waals surface area (Å²) in [6.07, 6.45) is 0. The molecule has 0 fully saturated rings. The molecule has 0 spiro atoms. The third kappa shape index (κ3) is 4.55. The predicted octanol–water partition coefficient (Wildman–Crippen LogP) is 3.31. The van der Waals surface area contributed by atoms with Gasteiger partial charge in [0.2, 0.25) is 11.7 Å². The van der Waals surface area contributed by atoms with Crippen LogP contribution in [0.1, 0.15) is 5.56 Å². The minimum atomic E-state index is -0.116. The molecule has 6 nitrogen and oxygen atoms in total. The third-order valence-corrected chi connectivity index (χ3v) is 4.09. The maximum Gasteiger partial charge on any atom is 0.246 e. The molecule has 0 saturated carbocycles. The van der Waals surface area contributed by atoms with E-state index in [1.54, 1.807) is 48.3 Å². The van der Waals surface area contributed by atoms with Gasteiger partial charge >= 0.3 is 0 Å². The second-order valence-corrected chi connectivity index (χ2v) is 6.40. The lowest BCUT2D eigenvalue weighted by atomic mass is 10.2. The first-order valence-corrected chi connectivity index (χ1v) is 8.29. The maximum atomic E-state index is 12.3. The van der Waals surface area contributed by atoms with Gasteiger partial charge in [0, 0.05) is 29.2 Å². The standard InChI is InChI=1S/C17H15Cl2N5O/c1-23(10-12-2-6-14(18)7-3-12)16(25)11-24-21-17(20-22-24)13-4-8-15(19)9-5-13/h2-9H,10-11H2,1H3. The fraction of sp³-hybridized carbons (Fsp3) is 0.176. The lowest BCUT2D eigenvalue weighted by molar-refractivity contribution is -0.131. The summed E-state index contributed by atoms with van der Waals surface area (Å²) in [4.78, 5) is 15.2. The van der Waals surface area contributed by atoms with Gasteiger partial charge in [-0.3, -0.25) is 4.79 Å². The molecule has 0 unspecified atom stereocenters. The quantitative estimate of drug-likeness (QED) is 0.686. The van der Waals surface area contributed by atoms with Crippen molar-refractivity contribution < 1.29 is 4.79 Å². The molecule has 0 radical (unpaired) electrons. The van der Waals surface area contributed by atoms with E-state index in [0.29, 0.717) is 22.4 Å². The number of nitrogens with zero attached hydrogens (tertiary/aromatic N) is 5. The zero-order valence-corrected chi connectivity index (χ0v) is 14.9. The molecule has 1 aromatic heterocycles. The second-order valence-electron chi connectivity index (χ2n) is 5.53. The molecular weight excluding hydrogens is 361 g/mol. The SMILES string of the molecule is CN(Cc1ccc(Cl)cc1)C(=O)Cn1nnc(-c2ccc(Cl)cc2)n1. The van der Waals surface area contributed by atoms with Gasteiger partial charge in [0.1, 0.15) is 6.54 Å². The van der Waals surface area contributed by atoms with Crippen LogP contribution in [0.25, 0.3) is 11.4 Å². The number of halogens is 2. The van der Waals surface area contributed by atoms with Crippen molar-refractivity contribution in [2.24, 2.45) is 0 Å². The Balaban J connectivity index is 1.62. The van der Waals surface area contributed by atoms with E-state index in [4.69, 9.17) is 23.2 Å². The van der Waals surface area contributed by atoms with Crippen molar-refractivity contribution in [2.45, 2.75) is 13.1 Å². The molecule has 0 aliphatic carbocycles. The summed E-state index contributed by atoms with van der Waals surface area (Å²) in [7, 11) is 1.73. The number of tetrazole rings is 1. The normalized spacial score (nSPS) is 10.7. The number of hydrogen-bond donors (Lipinski definition) is 0. The van der Waals surface area contributed by atoms with Gasteiger partial charge in [-0.05, 0) is 47.2 Å². The van der Waals surface area contributed by atoms with Crippen molar-refractivity contribution in [3.8, 4) is 11.4 Å². The Morgan fingerprint density at radius 2 is 1.64 bits per heavy atom. The maximum absolute atomic E-state index is 12.3. The van der Waals surface area contributed by atoms with Crippen LogP contribution >= 0.6 is 23.2 Å². The monoisotopic (exact) mass is 375 g/mol. The number of carbonyl (C=O) groups excluding carboxylic acids is 1. The van der Waals surface area contributed by atoms with Gasteiger partial charge in [-0.1, -0.05) is 35.3 Å². The minimum Gasteiger partial charge on any atom is -0.340 e. The lowest BCUT2D eigenvalue weighted by Gasteiger charge is -2.16. The van der Waals surface area contributed by atoms with Gasteiger partial charge in [-0.2, -0.15) is 4.80 Å². The van der Waals surface area contributed by atoms with Crippen LogP contribution < -0.4 is 0 Å². The number of benzene rings is 2. The molecule has 25 heavy (non-hydrogen) atoms. The van der Waals surface area contributed by atoms with Crippen LogP contribution in [-0.4, -0.2) is 38.1 Å². The Labute approximate surface area is 155 Å². The summed E-state index contributed by atoms with van der Waals surface area (Å²) in [5.74, 6) is 0.333. The van der Waals surface area contributed by atoms with E-state index >= 15 is 0 Å². The van der Waals surface area contributed by atoms with Gasteiger partial charge in [0.05, 0.1) is 0 Å². The molecule has 8 heteroatoms. The van der Waals surface area contributed by atoms with E-state index in [1.165, 1.54) is 4.80 Å². The molecule has 1 amide bonds. The zero-order valence-electron chi connectivity index (χ0n) is 13.4. The highest BCUT2D eigenvalue weighted by molar-refractivity contribution is 6.30. The average molecular weight is 376 g/mol. The van der Waals surface area contributed by atoms with Crippen LogP contribution in [0.3, 0.4) is 0 Å². The van der Waals surface area contributed by atoms with Crippen molar-refractivity contribution in [3.05, 3.63) is 64.1 Å². The van der Waals surface area contributed by atoms with Crippen molar-refractivity contribution >= 4 is 29.1 Å². The first kappa shape index (κ1) is 17.4. The fourth-order valence-corrected chi connectivity index (χ4v) is 2.47. The van der Waals surface area contributed by atoms with E-state index in [0.717, 1.165) is 11.1 Å². The number of hydrogen-bond acceptors (Lipinski definition) is 4. The summed E-state index contributed by atoms with van der Waals surface area (Å²) >= 11 is 11.7. The van der Waals surface area contributed by atoms with Gasteiger partial charge < -0.3 is 4.90 Å². The summed E-state index contributed by atoms with van der Waals surface area (Å²) in [5.41, 5.74) is 1.78. The molecule has 0 aliphatic rings. The number of likely N-dealkylation sites (N-methyl/N-ethyl adjacent to an activating group) is 1. The van der Waals surface area contributed by atoms with Gasteiger partial charge in [0.25, 0.3) is 0 Å². The molecule has 0 atom stereocenters. The number of carbonyl (C=O) groups is 1. The first-order chi connectivity index (χ1) is 12.0. The smallest absolute Gasteiger partial charge is 0.246 e. The summed E-state index contributed by atoms with van der Waals surface area (Å²) < 4.78 is 0. The van der Waals surface area contributed by atoms with Gasteiger partial charge in [-0.25, -0.2) is 0 Å². The molecule has 1 heterocycles. The predicted molar refractivity (Wildman–Crippen MR) is 96.2 cm³/mol. The molecule has 0 saturated heterocycles. The molecule has 2 aromatic carbocycles. The molecule has 3 rings (SSSR count). The molecule has 0 aliphatic heterocycles. The molecule has 128 valence electrons. The third-order valence-electron chi connectivity index (χ3n) is 3.59. The molecule has 0 bridgehead atoms. The lowest BCUT2D eigenvalue weighted by Crippen LogP contribution is -2.30. The van der Waals surface area contributed by atoms with Crippen LogP contribution in [0.5, 0.6) is 0 Å². The minimum absolute atomic E-state index is 0.0185. The highest BCUT2D eigenvalue weighted by Gasteiger charge is 2.13. The highest BCUT2D eigenvalue weighted by atomic mass is 35.5. The Hall–Kier alpha value is -2.44. The summed E-state index contributed by atoms with van der Waals surface area (Å²) in [6.45, 7) is 0.499. The Kier molecular flexibility index (Phi) is 5.31. The number of aromatic nitrogens is 4. The summed E-state index contributed by atoms with van der Waals surface area (Å²) in [5, 5.41) is 13.4.